The predicted octanol–water partition coefficient (Wildman–Crippen LogP) is 2.53. The molecular weight excluding hydrogens is 369 g/mol. The lowest BCUT2D eigenvalue weighted by Crippen LogP contribution is -2.34. The molecular formula is C20H20FNO6. The molecule has 1 aliphatic rings. The first-order valence-electron chi connectivity index (χ1n) is 8.75. The highest BCUT2D eigenvalue weighted by atomic mass is 19.1. The van der Waals surface area contributed by atoms with Crippen molar-refractivity contribution >= 4 is 11.9 Å². The maximum Gasteiger partial charge on any atom is 0.344 e. The summed E-state index contributed by atoms with van der Waals surface area (Å²) in [4.78, 5) is 25.7. The van der Waals surface area contributed by atoms with E-state index in [1.807, 2.05) is 19.1 Å². The second-order valence-corrected chi connectivity index (χ2v) is 6.00. The van der Waals surface area contributed by atoms with Crippen molar-refractivity contribution in [3.63, 3.8) is 0 Å². The highest BCUT2D eigenvalue weighted by Crippen LogP contribution is 2.32. The van der Waals surface area contributed by atoms with Crippen LogP contribution in [0.1, 0.15) is 12.5 Å². The topological polar surface area (TPSA) is 74.3 Å². The molecule has 0 aliphatic carbocycles. The lowest BCUT2D eigenvalue weighted by molar-refractivity contribution is -0.153. The van der Waals surface area contributed by atoms with Crippen LogP contribution < -0.4 is 14.2 Å². The van der Waals surface area contributed by atoms with E-state index in [-0.39, 0.29) is 25.9 Å². The second-order valence-electron chi connectivity index (χ2n) is 6.00. The molecule has 7 nitrogen and oxygen atoms in total. The summed E-state index contributed by atoms with van der Waals surface area (Å²) >= 11 is 0. The van der Waals surface area contributed by atoms with Crippen LogP contribution in [0.15, 0.2) is 42.5 Å². The van der Waals surface area contributed by atoms with Crippen LogP contribution in [0.3, 0.4) is 0 Å². The van der Waals surface area contributed by atoms with Gasteiger partial charge < -0.3 is 23.8 Å². The van der Waals surface area contributed by atoms with Crippen LogP contribution in [0.5, 0.6) is 17.2 Å². The van der Waals surface area contributed by atoms with Crippen LogP contribution in [0.2, 0.25) is 0 Å². The number of carbonyl (C=O) groups excluding carboxylic acids is 2. The van der Waals surface area contributed by atoms with Crippen molar-refractivity contribution in [2.24, 2.45) is 0 Å². The van der Waals surface area contributed by atoms with E-state index < -0.39 is 11.8 Å². The van der Waals surface area contributed by atoms with Crippen molar-refractivity contribution in [3.8, 4) is 17.2 Å². The Morgan fingerprint density at radius 2 is 1.82 bits per heavy atom. The molecule has 0 unspecified atom stereocenters. The maximum atomic E-state index is 12.8. The van der Waals surface area contributed by atoms with Crippen LogP contribution in [0.25, 0.3) is 0 Å². The van der Waals surface area contributed by atoms with Crippen molar-refractivity contribution in [2.45, 2.75) is 13.5 Å². The van der Waals surface area contributed by atoms with Crippen molar-refractivity contribution in [3.05, 3.63) is 53.8 Å². The summed E-state index contributed by atoms with van der Waals surface area (Å²) in [6.07, 6.45) is 0. The summed E-state index contributed by atoms with van der Waals surface area (Å²) in [7, 11) is 0. The lowest BCUT2D eigenvalue weighted by Gasteiger charge is -2.21. The lowest BCUT2D eigenvalue weighted by atomic mass is 10.2. The van der Waals surface area contributed by atoms with Gasteiger partial charge in [0.15, 0.2) is 24.7 Å². The van der Waals surface area contributed by atoms with Crippen LogP contribution in [0.4, 0.5) is 4.39 Å². The van der Waals surface area contributed by atoms with Crippen molar-refractivity contribution < 1.29 is 32.9 Å². The van der Waals surface area contributed by atoms with Gasteiger partial charge in [0.2, 0.25) is 6.79 Å². The van der Waals surface area contributed by atoms with Crippen LogP contribution >= 0.6 is 0 Å². The number of benzene rings is 2. The molecule has 0 N–H and O–H groups in total. The summed E-state index contributed by atoms with van der Waals surface area (Å²) in [5, 5.41) is 0. The Balaban J connectivity index is 1.45. The first-order chi connectivity index (χ1) is 13.5. The number of carbonyl (C=O) groups is 2. The number of hydrogen-bond acceptors (Lipinski definition) is 6. The Morgan fingerprint density at radius 3 is 2.57 bits per heavy atom. The van der Waals surface area contributed by atoms with Crippen molar-refractivity contribution in [1.82, 2.24) is 4.90 Å². The minimum Gasteiger partial charge on any atom is -0.482 e. The number of amides is 1. The summed E-state index contributed by atoms with van der Waals surface area (Å²) in [6.45, 7) is 2.08. The molecule has 0 spiro atoms. The van der Waals surface area contributed by atoms with E-state index in [1.54, 1.807) is 11.0 Å². The minimum atomic E-state index is -0.684. The molecule has 0 radical (unpaired) electrons. The fourth-order valence-electron chi connectivity index (χ4n) is 2.58. The molecule has 1 heterocycles. The summed E-state index contributed by atoms with van der Waals surface area (Å²) in [6, 6.07) is 10.7. The zero-order valence-electron chi connectivity index (χ0n) is 15.4. The Hall–Kier alpha value is -3.29. The number of rotatable bonds is 8. The number of halogens is 1. The average molecular weight is 389 g/mol. The van der Waals surface area contributed by atoms with Gasteiger partial charge in [0.1, 0.15) is 11.6 Å². The minimum absolute atomic E-state index is 0.186. The number of nitrogens with zero attached hydrogens (tertiary/aromatic N) is 1. The Bertz CT molecular complexity index is 839. The van der Waals surface area contributed by atoms with Gasteiger partial charge in [-0.15, -0.1) is 0 Å². The van der Waals surface area contributed by atoms with E-state index in [0.717, 1.165) is 5.56 Å². The van der Waals surface area contributed by atoms with E-state index in [0.29, 0.717) is 30.3 Å². The molecule has 0 atom stereocenters. The Kier molecular flexibility index (Phi) is 6.31. The van der Waals surface area contributed by atoms with Crippen LogP contribution in [0, 0.1) is 5.82 Å². The molecule has 0 aromatic heterocycles. The molecule has 0 saturated heterocycles. The fraction of sp³-hybridized carbons (Fsp3) is 0.300. The van der Waals surface area contributed by atoms with Gasteiger partial charge in [-0.3, -0.25) is 4.79 Å². The molecule has 1 aliphatic heterocycles. The van der Waals surface area contributed by atoms with Crippen molar-refractivity contribution in [2.75, 3.05) is 26.6 Å². The molecule has 0 saturated carbocycles. The molecule has 8 heteroatoms. The third-order valence-electron chi connectivity index (χ3n) is 4.07. The first-order valence-corrected chi connectivity index (χ1v) is 8.75. The van der Waals surface area contributed by atoms with Gasteiger partial charge in [0.25, 0.3) is 5.91 Å². The third-order valence-corrected chi connectivity index (χ3v) is 4.07. The SMILES string of the molecule is CCN(Cc1ccc2c(c1)OCO2)C(=O)COC(=O)COc1ccc(F)cc1. The number of esters is 1. The average Bonchev–Trinajstić information content (AvgIpc) is 3.17. The van der Waals surface area contributed by atoms with Gasteiger partial charge in [0, 0.05) is 13.1 Å². The van der Waals surface area contributed by atoms with Gasteiger partial charge in [-0.25, -0.2) is 9.18 Å². The van der Waals surface area contributed by atoms with E-state index in [2.05, 4.69) is 0 Å². The van der Waals surface area contributed by atoms with E-state index in [1.165, 1.54) is 24.3 Å². The Labute approximate surface area is 161 Å². The molecule has 28 heavy (non-hydrogen) atoms. The summed E-state index contributed by atoms with van der Waals surface area (Å²) in [5.41, 5.74) is 0.880. The highest BCUT2D eigenvalue weighted by Gasteiger charge is 2.18. The van der Waals surface area contributed by atoms with Crippen LogP contribution in [-0.4, -0.2) is 43.3 Å². The molecule has 2 aromatic carbocycles. The van der Waals surface area contributed by atoms with Gasteiger partial charge in [-0.2, -0.15) is 0 Å². The largest absolute Gasteiger partial charge is 0.482 e. The second kappa shape index (κ2) is 9.07. The van der Waals surface area contributed by atoms with E-state index >= 15 is 0 Å². The first kappa shape index (κ1) is 19.5. The molecule has 0 fully saturated rings. The molecule has 2 aromatic rings. The van der Waals surface area contributed by atoms with Gasteiger partial charge in [-0.05, 0) is 48.9 Å². The van der Waals surface area contributed by atoms with E-state index in [4.69, 9.17) is 18.9 Å². The number of likely N-dealkylation sites (N-methyl/N-ethyl adjacent to an activating group) is 1. The smallest absolute Gasteiger partial charge is 0.344 e. The highest BCUT2D eigenvalue weighted by molar-refractivity contribution is 5.81. The zero-order valence-corrected chi connectivity index (χ0v) is 15.4. The molecule has 1 amide bonds. The summed E-state index contributed by atoms with van der Waals surface area (Å²) < 4.78 is 33.6. The zero-order chi connectivity index (χ0) is 19.9. The normalized spacial score (nSPS) is 11.8. The quantitative estimate of drug-likeness (QED) is 0.646. The van der Waals surface area contributed by atoms with Gasteiger partial charge in [0.05, 0.1) is 0 Å². The van der Waals surface area contributed by atoms with E-state index in [9.17, 15) is 14.0 Å². The Morgan fingerprint density at radius 1 is 1.07 bits per heavy atom. The monoisotopic (exact) mass is 389 g/mol. The fourth-order valence-corrected chi connectivity index (χ4v) is 2.58. The number of ether oxygens (including phenoxy) is 4. The summed E-state index contributed by atoms with van der Waals surface area (Å²) in [5.74, 6) is 0.246. The predicted molar refractivity (Wildman–Crippen MR) is 96.5 cm³/mol. The van der Waals surface area contributed by atoms with Crippen molar-refractivity contribution in [1.29, 1.82) is 0 Å². The maximum absolute atomic E-state index is 12.8. The molecule has 0 bridgehead atoms. The number of hydrogen-bond donors (Lipinski definition) is 0. The third kappa shape index (κ3) is 5.12. The number of fused-ring (bicyclic) bond motifs is 1. The van der Waals surface area contributed by atoms with Gasteiger partial charge in [-0.1, -0.05) is 6.07 Å². The standard InChI is InChI=1S/C20H20FNO6/c1-2-22(10-14-3-8-17-18(9-14)28-13-27-17)19(23)11-26-20(24)12-25-16-6-4-15(21)5-7-16/h3-9H,2,10-13H2,1H3. The van der Waals surface area contributed by atoms with Crippen LogP contribution in [-0.2, 0) is 20.9 Å². The van der Waals surface area contributed by atoms with Gasteiger partial charge >= 0.3 is 5.97 Å². The molecule has 3 rings (SSSR count). The molecule has 148 valence electrons.